The van der Waals surface area contributed by atoms with Crippen molar-refractivity contribution < 1.29 is 4.79 Å². The minimum atomic E-state index is -0.0276. The topological polar surface area (TPSA) is 50.2 Å². The summed E-state index contributed by atoms with van der Waals surface area (Å²) in [5, 5.41) is 3.77. The minimum Gasteiger partial charge on any atom is -0.324 e. The number of para-hydroxylation sites is 2. The fourth-order valence-electron chi connectivity index (χ4n) is 4.17. The van der Waals surface area contributed by atoms with Crippen molar-refractivity contribution in [3.63, 3.8) is 0 Å². The zero-order chi connectivity index (χ0) is 21.3. The van der Waals surface area contributed by atoms with E-state index in [2.05, 4.69) is 46.8 Å². The summed E-state index contributed by atoms with van der Waals surface area (Å²) >= 11 is 12.2. The van der Waals surface area contributed by atoms with Gasteiger partial charge in [-0.05, 0) is 64.0 Å². The zero-order valence-corrected chi connectivity index (χ0v) is 18.7. The van der Waals surface area contributed by atoms with Gasteiger partial charge in [-0.1, -0.05) is 41.4 Å². The number of nitrogens with zero attached hydrogens (tertiary/aromatic N) is 3. The summed E-state index contributed by atoms with van der Waals surface area (Å²) in [5.41, 5.74) is 2.78. The molecule has 4 rings (SSSR count). The Morgan fingerprint density at radius 3 is 2.60 bits per heavy atom. The van der Waals surface area contributed by atoms with Crippen molar-refractivity contribution >= 4 is 45.8 Å². The molecule has 0 radical (unpaired) electrons. The Bertz CT molecular complexity index is 1050. The molecule has 0 bridgehead atoms. The van der Waals surface area contributed by atoms with Gasteiger partial charge in [-0.15, -0.1) is 0 Å². The monoisotopic (exact) mass is 444 g/mol. The quantitative estimate of drug-likeness (QED) is 0.542. The average Bonchev–Trinajstić information content (AvgIpc) is 3.10. The molecule has 0 atom stereocenters. The predicted octanol–water partition coefficient (Wildman–Crippen LogP) is 5.77. The van der Waals surface area contributed by atoms with E-state index < -0.39 is 0 Å². The van der Waals surface area contributed by atoms with Gasteiger partial charge in [0.25, 0.3) is 0 Å². The van der Waals surface area contributed by atoms with Crippen LogP contribution in [0.4, 0.5) is 5.69 Å². The van der Waals surface area contributed by atoms with E-state index in [-0.39, 0.29) is 11.8 Å². The smallest absolute Gasteiger partial charge is 0.227 e. The first-order valence-electron chi connectivity index (χ1n) is 10.4. The standard InChI is InChI=1S/C23H26Cl2N4O/c1-15(2)29-20-9-4-3-7-18(20)26-21(29)14-28-12-10-16(11-13-28)23(30)27-19-8-5-6-17(24)22(19)25/h3-9,15-16H,10-14H2,1-2H3,(H,27,30). The lowest BCUT2D eigenvalue weighted by atomic mass is 9.95. The van der Waals surface area contributed by atoms with E-state index in [1.165, 1.54) is 5.52 Å². The summed E-state index contributed by atoms with van der Waals surface area (Å²) in [6.07, 6.45) is 1.62. The molecule has 158 valence electrons. The molecule has 1 aliphatic heterocycles. The molecule has 0 spiro atoms. The molecule has 1 fully saturated rings. The van der Waals surface area contributed by atoms with Crippen LogP contribution in [0.3, 0.4) is 0 Å². The van der Waals surface area contributed by atoms with E-state index >= 15 is 0 Å². The highest BCUT2D eigenvalue weighted by atomic mass is 35.5. The van der Waals surface area contributed by atoms with Crippen LogP contribution in [-0.4, -0.2) is 33.4 Å². The number of nitrogens with one attached hydrogen (secondary N) is 1. The molecule has 1 aromatic heterocycles. The summed E-state index contributed by atoms with van der Waals surface area (Å²) in [6.45, 7) is 6.90. The van der Waals surface area contributed by atoms with Crippen molar-refractivity contribution in [2.75, 3.05) is 18.4 Å². The number of likely N-dealkylation sites (tertiary alicyclic amines) is 1. The van der Waals surface area contributed by atoms with Crippen molar-refractivity contribution in [3.8, 4) is 0 Å². The summed E-state index contributed by atoms with van der Waals surface area (Å²) in [6, 6.07) is 13.9. The van der Waals surface area contributed by atoms with Crippen LogP contribution in [0.1, 0.15) is 38.6 Å². The van der Waals surface area contributed by atoms with Gasteiger partial charge in [0, 0.05) is 12.0 Å². The summed E-state index contributed by atoms with van der Waals surface area (Å²) in [7, 11) is 0. The van der Waals surface area contributed by atoms with E-state index in [9.17, 15) is 4.79 Å². The van der Waals surface area contributed by atoms with Gasteiger partial charge in [0.2, 0.25) is 5.91 Å². The highest BCUT2D eigenvalue weighted by Gasteiger charge is 2.27. The predicted molar refractivity (Wildman–Crippen MR) is 123 cm³/mol. The molecule has 5 nitrogen and oxygen atoms in total. The van der Waals surface area contributed by atoms with Crippen LogP contribution in [0.2, 0.25) is 10.0 Å². The number of hydrogen-bond acceptors (Lipinski definition) is 3. The zero-order valence-electron chi connectivity index (χ0n) is 17.2. The normalized spacial score (nSPS) is 15.8. The van der Waals surface area contributed by atoms with Gasteiger partial charge in [0.1, 0.15) is 5.82 Å². The number of carbonyl (C=O) groups is 1. The van der Waals surface area contributed by atoms with Gasteiger partial charge in [-0.3, -0.25) is 9.69 Å². The van der Waals surface area contributed by atoms with Crippen molar-refractivity contribution in [1.82, 2.24) is 14.5 Å². The highest BCUT2D eigenvalue weighted by Crippen LogP contribution is 2.31. The van der Waals surface area contributed by atoms with Crippen LogP contribution in [0.25, 0.3) is 11.0 Å². The number of fused-ring (bicyclic) bond motifs is 1. The van der Waals surface area contributed by atoms with Crippen LogP contribution in [-0.2, 0) is 11.3 Å². The fourth-order valence-corrected chi connectivity index (χ4v) is 4.52. The SMILES string of the molecule is CC(C)n1c(CN2CCC(C(=O)Nc3cccc(Cl)c3Cl)CC2)nc2ccccc21. The summed E-state index contributed by atoms with van der Waals surface area (Å²) < 4.78 is 2.31. The largest absolute Gasteiger partial charge is 0.324 e. The maximum absolute atomic E-state index is 12.7. The van der Waals surface area contributed by atoms with Crippen LogP contribution in [0, 0.1) is 5.92 Å². The number of hydrogen-bond donors (Lipinski definition) is 1. The molecule has 3 aromatic rings. The maximum atomic E-state index is 12.7. The molecule has 30 heavy (non-hydrogen) atoms. The highest BCUT2D eigenvalue weighted by molar-refractivity contribution is 6.44. The third-order valence-corrected chi connectivity index (χ3v) is 6.54. The van der Waals surface area contributed by atoms with Gasteiger partial charge in [-0.2, -0.15) is 0 Å². The molecule has 2 heterocycles. The molecular weight excluding hydrogens is 419 g/mol. The number of anilines is 1. The first-order chi connectivity index (χ1) is 14.4. The number of piperidine rings is 1. The van der Waals surface area contributed by atoms with Crippen molar-refractivity contribution in [2.24, 2.45) is 5.92 Å². The Morgan fingerprint density at radius 2 is 1.87 bits per heavy atom. The number of amides is 1. The van der Waals surface area contributed by atoms with E-state index in [4.69, 9.17) is 28.2 Å². The van der Waals surface area contributed by atoms with Crippen LogP contribution in [0.15, 0.2) is 42.5 Å². The molecular formula is C23H26Cl2N4O. The van der Waals surface area contributed by atoms with Crippen molar-refractivity contribution in [3.05, 3.63) is 58.3 Å². The van der Waals surface area contributed by atoms with Crippen LogP contribution >= 0.6 is 23.2 Å². The van der Waals surface area contributed by atoms with E-state index in [1.54, 1.807) is 18.2 Å². The van der Waals surface area contributed by atoms with Gasteiger partial charge in [-0.25, -0.2) is 4.98 Å². The molecule has 0 aliphatic carbocycles. The second kappa shape index (κ2) is 8.96. The van der Waals surface area contributed by atoms with E-state index in [0.29, 0.717) is 21.8 Å². The lowest BCUT2D eigenvalue weighted by molar-refractivity contribution is -0.121. The number of aromatic nitrogens is 2. The van der Waals surface area contributed by atoms with Gasteiger partial charge in [0.15, 0.2) is 0 Å². The van der Waals surface area contributed by atoms with Gasteiger partial charge >= 0.3 is 0 Å². The second-order valence-corrected chi connectivity index (χ2v) is 8.91. The summed E-state index contributed by atoms with van der Waals surface area (Å²) in [5.74, 6) is 1.06. The molecule has 0 saturated carbocycles. The molecule has 2 aromatic carbocycles. The number of carbonyl (C=O) groups excluding carboxylic acids is 1. The second-order valence-electron chi connectivity index (χ2n) is 8.12. The molecule has 0 unspecified atom stereocenters. The minimum absolute atomic E-state index is 0.00763. The third-order valence-electron chi connectivity index (χ3n) is 5.72. The van der Waals surface area contributed by atoms with Gasteiger partial charge < -0.3 is 9.88 Å². The average molecular weight is 445 g/mol. The Balaban J connectivity index is 1.39. The molecule has 1 amide bonds. The number of rotatable bonds is 5. The lowest BCUT2D eigenvalue weighted by Crippen LogP contribution is -2.38. The first kappa shape index (κ1) is 21.2. The van der Waals surface area contributed by atoms with Crippen molar-refractivity contribution in [1.29, 1.82) is 0 Å². The number of benzene rings is 2. The molecule has 1 N–H and O–H groups in total. The van der Waals surface area contributed by atoms with E-state index in [0.717, 1.165) is 43.8 Å². The van der Waals surface area contributed by atoms with Crippen LogP contribution < -0.4 is 5.32 Å². The molecule has 7 heteroatoms. The third kappa shape index (κ3) is 4.34. The lowest BCUT2D eigenvalue weighted by Gasteiger charge is -2.31. The van der Waals surface area contributed by atoms with Crippen LogP contribution in [0.5, 0.6) is 0 Å². The first-order valence-corrected chi connectivity index (χ1v) is 11.1. The Kier molecular flexibility index (Phi) is 6.32. The Morgan fingerprint density at radius 1 is 1.13 bits per heavy atom. The van der Waals surface area contributed by atoms with Crippen molar-refractivity contribution in [2.45, 2.75) is 39.3 Å². The van der Waals surface area contributed by atoms with Gasteiger partial charge in [0.05, 0.1) is 33.3 Å². The summed E-state index contributed by atoms with van der Waals surface area (Å²) in [4.78, 5) is 20.0. The Labute approximate surface area is 187 Å². The number of halogens is 2. The maximum Gasteiger partial charge on any atom is 0.227 e. The number of imidazole rings is 1. The Hall–Kier alpha value is -2.08. The fraction of sp³-hybridized carbons (Fsp3) is 0.391. The molecule has 1 saturated heterocycles. The van der Waals surface area contributed by atoms with E-state index in [1.807, 2.05) is 6.07 Å². The molecule has 1 aliphatic rings.